The number of aryl methyl sites for hydroxylation is 1. The molecule has 1 heterocycles. The molecule has 0 saturated heterocycles. The summed E-state index contributed by atoms with van der Waals surface area (Å²) in [5.74, 6) is 1.22. The molecule has 0 aliphatic carbocycles. The first-order valence-electron chi connectivity index (χ1n) is 7.00. The van der Waals surface area contributed by atoms with E-state index in [0.29, 0.717) is 23.8 Å². The van der Waals surface area contributed by atoms with Crippen LogP contribution >= 0.6 is 11.8 Å². The minimum absolute atomic E-state index is 0.146. The van der Waals surface area contributed by atoms with Gasteiger partial charge in [-0.25, -0.2) is 4.68 Å². The lowest BCUT2D eigenvalue weighted by molar-refractivity contribution is 0.626. The van der Waals surface area contributed by atoms with Gasteiger partial charge in [0, 0.05) is 17.4 Å². The standard InChI is InChI=1S/C16H21N3OS/c1-11(2)12-6-4-5-7-13(12)16-14(17)10-15(20)19(18-16)8-9-21-3/h4-7,10-11H,8-9,17H2,1-3H3. The molecule has 0 radical (unpaired) electrons. The smallest absolute Gasteiger partial charge is 0.268 e. The molecule has 4 nitrogen and oxygen atoms in total. The van der Waals surface area contributed by atoms with Crippen molar-refractivity contribution in [2.45, 2.75) is 26.3 Å². The lowest BCUT2D eigenvalue weighted by atomic mass is 9.95. The summed E-state index contributed by atoms with van der Waals surface area (Å²) in [7, 11) is 0. The van der Waals surface area contributed by atoms with Gasteiger partial charge in [-0.1, -0.05) is 38.1 Å². The van der Waals surface area contributed by atoms with E-state index in [1.165, 1.54) is 16.3 Å². The molecule has 2 rings (SSSR count). The van der Waals surface area contributed by atoms with E-state index in [-0.39, 0.29) is 5.56 Å². The van der Waals surface area contributed by atoms with Crippen LogP contribution in [-0.2, 0) is 6.54 Å². The Morgan fingerprint density at radius 3 is 2.71 bits per heavy atom. The second-order valence-electron chi connectivity index (χ2n) is 5.24. The normalized spacial score (nSPS) is 11.0. The number of hydrogen-bond acceptors (Lipinski definition) is 4. The summed E-state index contributed by atoms with van der Waals surface area (Å²) >= 11 is 1.69. The fraction of sp³-hybridized carbons (Fsp3) is 0.375. The van der Waals surface area contributed by atoms with Crippen LogP contribution in [0.3, 0.4) is 0 Å². The summed E-state index contributed by atoms with van der Waals surface area (Å²) in [6.07, 6.45) is 2.01. The van der Waals surface area contributed by atoms with Crippen LogP contribution in [-0.4, -0.2) is 21.8 Å². The highest BCUT2D eigenvalue weighted by Crippen LogP contribution is 2.30. The van der Waals surface area contributed by atoms with E-state index in [1.807, 2.05) is 24.5 Å². The van der Waals surface area contributed by atoms with Crippen LogP contribution in [0.25, 0.3) is 11.3 Å². The Morgan fingerprint density at radius 1 is 1.33 bits per heavy atom. The maximum Gasteiger partial charge on any atom is 0.268 e. The molecule has 0 atom stereocenters. The van der Waals surface area contributed by atoms with Crippen molar-refractivity contribution in [1.29, 1.82) is 0 Å². The average Bonchev–Trinajstić information content (AvgIpc) is 2.46. The second kappa shape index (κ2) is 6.80. The van der Waals surface area contributed by atoms with Gasteiger partial charge in [-0.2, -0.15) is 16.9 Å². The van der Waals surface area contributed by atoms with E-state index >= 15 is 0 Å². The van der Waals surface area contributed by atoms with Crippen molar-refractivity contribution in [2.24, 2.45) is 0 Å². The predicted molar refractivity (Wildman–Crippen MR) is 90.8 cm³/mol. The number of hydrogen-bond donors (Lipinski definition) is 1. The van der Waals surface area contributed by atoms with Crippen LogP contribution in [0.1, 0.15) is 25.3 Å². The number of anilines is 1. The molecule has 21 heavy (non-hydrogen) atoms. The molecule has 0 spiro atoms. The summed E-state index contributed by atoms with van der Waals surface area (Å²) in [6.45, 7) is 4.87. The zero-order valence-corrected chi connectivity index (χ0v) is 13.5. The molecule has 2 aromatic rings. The molecule has 0 aliphatic heterocycles. The molecule has 1 aromatic heterocycles. The minimum atomic E-state index is -0.146. The van der Waals surface area contributed by atoms with Crippen molar-refractivity contribution in [3.05, 3.63) is 46.2 Å². The van der Waals surface area contributed by atoms with Crippen molar-refractivity contribution >= 4 is 17.4 Å². The van der Waals surface area contributed by atoms with Gasteiger partial charge in [0.1, 0.15) is 5.69 Å². The van der Waals surface area contributed by atoms with E-state index in [2.05, 4.69) is 25.0 Å². The number of benzene rings is 1. The van der Waals surface area contributed by atoms with Crippen LogP contribution in [0.15, 0.2) is 35.1 Å². The quantitative estimate of drug-likeness (QED) is 0.922. The average molecular weight is 303 g/mol. The zero-order valence-electron chi connectivity index (χ0n) is 12.7. The first kappa shape index (κ1) is 15.6. The number of nitrogens with zero attached hydrogens (tertiary/aromatic N) is 2. The third kappa shape index (κ3) is 3.47. The van der Waals surface area contributed by atoms with Gasteiger partial charge in [-0.3, -0.25) is 4.79 Å². The minimum Gasteiger partial charge on any atom is -0.397 e. The van der Waals surface area contributed by atoms with Crippen LogP contribution in [0.5, 0.6) is 0 Å². The lowest BCUT2D eigenvalue weighted by Crippen LogP contribution is -2.24. The van der Waals surface area contributed by atoms with Gasteiger partial charge in [0.25, 0.3) is 5.56 Å². The third-order valence-electron chi connectivity index (χ3n) is 3.37. The maximum absolute atomic E-state index is 12.0. The van der Waals surface area contributed by atoms with Crippen molar-refractivity contribution in [3.8, 4) is 11.3 Å². The zero-order chi connectivity index (χ0) is 15.4. The Bertz CT molecular complexity index is 679. The Hall–Kier alpha value is -1.75. The lowest BCUT2D eigenvalue weighted by Gasteiger charge is -2.15. The van der Waals surface area contributed by atoms with Gasteiger partial charge in [-0.15, -0.1) is 0 Å². The fourth-order valence-electron chi connectivity index (χ4n) is 2.27. The molecule has 112 valence electrons. The summed E-state index contributed by atoms with van der Waals surface area (Å²) in [5.41, 5.74) is 9.22. The molecule has 0 unspecified atom stereocenters. The molecule has 0 amide bonds. The first-order chi connectivity index (χ1) is 10.0. The Labute approximate surface area is 129 Å². The summed E-state index contributed by atoms with van der Waals surface area (Å²) in [4.78, 5) is 12.0. The van der Waals surface area contributed by atoms with Gasteiger partial charge < -0.3 is 5.73 Å². The monoisotopic (exact) mass is 303 g/mol. The Balaban J connectivity index is 2.56. The van der Waals surface area contributed by atoms with Crippen molar-refractivity contribution in [3.63, 3.8) is 0 Å². The molecule has 1 aromatic carbocycles. The third-order valence-corrected chi connectivity index (χ3v) is 3.96. The highest BCUT2D eigenvalue weighted by atomic mass is 32.2. The molecule has 0 fully saturated rings. The van der Waals surface area contributed by atoms with Gasteiger partial charge in [0.2, 0.25) is 0 Å². The van der Waals surface area contributed by atoms with Gasteiger partial charge in [0.15, 0.2) is 0 Å². The SMILES string of the molecule is CSCCn1nc(-c2ccccc2C(C)C)c(N)cc1=O. The molecular weight excluding hydrogens is 282 g/mol. The fourth-order valence-corrected chi connectivity index (χ4v) is 2.62. The summed E-state index contributed by atoms with van der Waals surface area (Å²) < 4.78 is 1.50. The molecular formula is C16H21N3OS. The van der Waals surface area contributed by atoms with Crippen LogP contribution in [0, 0.1) is 0 Å². The molecule has 2 N–H and O–H groups in total. The van der Waals surface area contributed by atoms with E-state index in [1.54, 1.807) is 11.8 Å². The number of aromatic nitrogens is 2. The highest BCUT2D eigenvalue weighted by Gasteiger charge is 2.14. The topological polar surface area (TPSA) is 60.9 Å². The Morgan fingerprint density at radius 2 is 2.05 bits per heavy atom. The van der Waals surface area contributed by atoms with E-state index in [0.717, 1.165) is 11.3 Å². The van der Waals surface area contributed by atoms with Crippen molar-refractivity contribution in [2.75, 3.05) is 17.7 Å². The number of thioether (sulfide) groups is 1. The first-order valence-corrected chi connectivity index (χ1v) is 8.40. The molecule has 5 heteroatoms. The van der Waals surface area contributed by atoms with Gasteiger partial charge in [0.05, 0.1) is 12.2 Å². The van der Waals surface area contributed by atoms with Crippen molar-refractivity contribution < 1.29 is 0 Å². The predicted octanol–water partition coefficient (Wildman–Crippen LogP) is 2.98. The van der Waals surface area contributed by atoms with Crippen LogP contribution in [0.2, 0.25) is 0 Å². The summed E-state index contributed by atoms with van der Waals surface area (Å²) in [5, 5.41) is 4.49. The van der Waals surface area contributed by atoms with Gasteiger partial charge in [-0.05, 0) is 17.7 Å². The van der Waals surface area contributed by atoms with E-state index in [9.17, 15) is 4.79 Å². The van der Waals surface area contributed by atoms with Crippen LogP contribution < -0.4 is 11.3 Å². The summed E-state index contributed by atoms with van der Waals surface area (Å²) in [6, 6.07) is 9.55. The Kier molecular flexibility index (Phi) is 5.07. The second-order valence-corrected chi connectivity index (χ2v) is 6.23. The highest BCUT2D eigenvalue weighted by molar-refractivity contribution is 7.98. The number of rotatable bonds is 5. The van der Waals surface area contributed by atoms with Gasteiger partial charge >= 0.3 is 0 Å². The van der Waals surface area contributed by atoms with Crippen LogP contribution in [0.4, 0.5) is 5.69 Å². The van der Waals surface area contributed by atoms with E-state index < -0.39 is 0 Å². The largest absolute Gasteiger partial charge is 0.397 e. The number of nitrogen functional groups attached to an aromatic ring is 1. The molecule has 0 saturated carbocycles. The van der Waals surface area contributed by atoms with E-state index in [4.69, 9.17) is 5.73 Å². The molecule has 0 bridgehead atoms. The number of nitrogens with two attached hydrogens (primary N) is 1. The molecule has 0 aliphatic rings. The maximum atomic E-state index is 12.0. The van der Waals surface area contributed by atoms with Crippen molar-refractivity contribution in [1.82, 2.24) is 9.78 Å².